The van der Waals surface area contributed by atoms with Crippen molar-refractivity contribution >= 4 is 0 Å². The number of benzene rings is 1. The maximum Gasteiger partial charge on any atom is 0.148 e. The van der Waals surface area contributed by atoms with Crippen molar-refractivity contribution in [1.29, 1.82) is 0 Å². The van der Waals surface area contributed by atoms with Gasteiger partial charge in [-0.15, -0.1) is 0 Å². The van der Waals surface area contributed by atoms with Gasteiger partial charge >= 0.3 is 0 Å². The fourth-order valence-corrected chi connectivity index (χ4v) is 1.80. The van der Waals surface area contributed by atoms with Crippen molar-refractivity contribution in [3.63, 3.8) is 0 Å². The number of hydrogen-bond acceptors (Lipinski definition) is 2. The van der Waals surface area contributed by atoms with Gasteiger partial charge in [0.25, 0.3) is 0 Å². The van der Waals surface area contributed by atoms with Crippen LogP contribution in [0.3, 0.4) is 0 Å². The van der Waals surface area contributed by atoms with Crippen LogP contribution >= 0.6 is 0 Å². The minimum absolute atomic E-state index is 0.257. The number of halogens is 1. The van der Waals surface area contributed by atoms with Crippen molar-refractivity contribution in [3.8, 4) is 5.69 Å². The van der Waals surface area contributed by atoms with Crippen LogP contribution in [0.5, 0.6) is 0 Å². The average molecular weight is 247 g/mol. The minimum atomic E-state index is -0.257. The molecule has 0 saturated carbocycles. The number of para-hydroxylation sites is 1. The quantitative estimate of drug-likeness (QED) is 0.900. The third-order valence-corrected chi connectivity index (χ3v) is 2.89. The summed E-state index contributed by atoms with van der Waals surface area (Å²) in [4.78, 5) is 0. The second-order valence-electron chi connectivity index (χ2n) is 4.65. The predicted octanol–water partition coefficient (Wildman–Crippen LogP) is 2.82. The number of nitrogens with zero attached hydrogens (tertiary/aromatic N) is 2. The van der Waals surface area contributed by atoms with E-state index in [-0.39, 0.29) is 5.82 Å². The van der Waals surface area contributed by atoms with Gasteiger partial charge in [-0.3, -0.25) is 0 Å². The second-order valence-corrected chi connectivity index (χ2v) is 4.65. The van der Waals surface area contributed by atoms with Gasteiger partial charge < -0.3 is 5.32 Å². The zero-order chi connectivity index (χ0) is 13.1. The van der Waals surface area contributed by atoms with E-state index in [0.717, 1.165) is 17.8 Å². The lowest BCUT2D eigenvalue weighted by Gasteiger charge is -2.09. The highest BCUT2D eigenvalue weighted by molar-refractivity contribution is 5.36. The van der Waals surface area contributed by atoms with Gasteiger partial charge in [0.1, 0.15) is 11.5 Å². The first-order valence-electron chi connectivity index (χ1n) is 6.11. The Bertz CT molecular complexity index is 532. The smallest absolute Gasteiger partial charge is 0.148 e. The molecule has 1 heterocycles. The summed E-state index contributed by atoms with van der Waals surface area (Å²) in [5, 5.41) is 7.60. The molecule has 0 aliphatic carbocycles. The Morgan fingerprint density at radius 2 is 2.06 bits per heavy atom. The van der Waals surface area contributed by atoms with Gasteiger partial charge in [0, 0.05) is 23.8 Å². The van der Waals surface area contributed by atoms with E-state index >= 15 is 0 Å². The molecule has 2 rings (SSSR count). The largest absolute Gasteiger partial charge is 0.310 e. The van der Waals surface area contributed by atoms with E-state index in [4.69, 9.17) is 0 Å². The number of hydrogen-bond donors (Lipinski definition) is 1. The van der Waals surface area contributed by atoms with Gasteiger partial charge in [-0.25, -0.2) is 9.07 Å². The molecule has 0 aliphatic heterocycles. The van der Waals surface area contributed by atoms with Crippen molar-refractivity contribution in [3.05, 3.63) is 47.5 Å². The van der Waals surface area contributed by atoms with Crippen molar-refractivity contribution in [1.82, 2.24) is 15.1 Å². The lowest BCUT2D eigenvalue weighted by Crippen LogP contribution is -2.22. The number of rotatable bonds is 4. The highest BCUT2D eigenvalue weighted by Crippen LogP contribution is 2.16. The SMILES string of the molecule is Cc1c(CNC(C)C)cnn1-c1ccccc1F. The first kappa shape index (κ1) is 12.8. The molecule has 0 bridgehead atoms. The molecule has 0 atom stereocenters. The third-order valence-electron chi connectivity index (χ3n) is 2.89. The van der Waals surface area contributed by atoms with Gasteiger partial charge in [0.2, 0.25) is 0 Å². The Morgan fingerprint density at radius 3 is 2.72 bits per heavy atom. The van der Waals surface area contributed by atoms with E-state index in [1.165, 1.54) is 6.07 Å². The highest BCUT2D eigenvalue weighted by Gasteiger charge is 2.11. The van der Waals surface area contributed by atoms with Crippen LogP contribution in [0.4, 0.5) is 4.39 Å². The average Bonchev–Trinajstić information content (AvgIpc) is 2.69. The monoisotopic (exact) mass is 247 g/mol. The molecule has 96 valence electrons. The summed E-state index contributed by atoms with van der Waals surface area (Å²) in [6.07, 6.45) is 1.79. The fourth-order valence-electron chi connectivity index (χ4n) is 1.80. The first-order valence-corrected chi connectivity index (χ1v) is 6.11. The van der Waals surface area contributed by atoms with Crippen LogP contribution in [0.1, 0.15) is 25.1 Å². The summed E-state index contributed by atoms with van der Waals surface area (Å²) in [6.45, 7) is 6.89. The molecule has 18 heavy (non-hydrogen) atoms. The van der Waals surface area contributed by atoms with E-state index < -0.39 is 0 Å². The molecule has 1 aromatic carbocycles. The van der Waals surface area contributed by atoms with Gasteiger partial charge in [0.15, 0.2) is 0 Å². The normalized spacial score (nSPS) is 11.2. The molecule has 2 aromatic rings. The van der Waals surface area contributed by atoms with Gasteiger partial charge in [-0.2, -0.15) is 5.10 Å². The Morgan fingerprint density at radius 1 is 1.33 bits per heavy atom. The minimum Gasteiger partial charge on any atom is -0.310 e. The molecular weight excluding hydrogens is 229 g/mol. The fraction of sp³-hybridized carbons (Fsp3) is 0.357. The molecule has 1 aromatic heterocycles. The lowest BCUT2D eigenvalue weighted by molar-refractivity contribution is 0.586. The first-order chi connectivity index (χ1) is 8.59. The highest BCUT2D eigenvalue weighted by atomic mass is 19.1. The summed E-state index contributed by atoms with van der Waals surface area (Å²) in [5.74, 6) is -0.257. The van der Waals surface area contributed by atoms with Crippen molar-refractivity contribution < 1.29 is 4.39 Å². The van der Waals surface area contributed by atoms with Crippen LogP contribution < -0.4 is 5.32 Å². The third kappa shape index (κ3) is 2.59. The molecule has 0 saturated heterocycles. The standard InChI is InChI=1S/C14H18FN3/c1-10(2)16-8-12-9-17-18(11(12)3)14-7-5-4-6-13(14)15/h4-7,9-10,16H,8H2,1-3H3. The van der Waals surface area contributed by atoms with Crippen molar-refractivity contribution in [2.24, 2.45) is 0 Å². The summed E-state index contributed by atoms with van der Waals surface area (Å²) in [7, 11) is 0. The molecule has 1 N–H and O–H groups in total. The van der Waals surface area contributed by atoms with Gasteiger partial charge in [0.05, 0.1) is 6.20 Å². The van der Waals surface area contributed by atoms with Crippen molar-refractivity contribution in [2.75, 3.05) is 0 Å². The summed E-state index contributed by atoms with van der Waals surface area (Å²) < 4.78 is 15.3. The number of aromatic nitrogens is 2. The molecule has 3 nitrogen and oxygen atoms in total. The molecule has 0 radical (unpaired) electrons. The lowest BCUT2D eigenvalue weighted by atomic mass is 10.2. The predicted molar refractivity (Wildman–Crippen MR) is 70.2 cm³/mol. The molecular formula is C14H18FN3. The van der Waals surface area contributed by atoms with Crippen LogP contribution in [0.25, 0.3) is 5.69 Å². The van der Waals surface area contributed by atoms with Crippen LogP contribution in [0, 0.1) is 12.7 Å². The van der Waals surface area contributed by atoms with Crippen molar-refractivity contribution in [2.45, 2.75) is 33.4 Å². The van der Waals surface area contributed by atoms with Crippen LogP contribution in [0.15, 0.2) is 30.5 Å². The Hall–Kier alpha value is -1.68. The van der Waals surface area contributed by atoms with Crippen LogP contribution in [-0.2, 0) is 6.54 Å². The second kappa shape index (κ2) is 5.31. The molecule has 0 aliphatic rings. The molecule has 0 amide bonds. The van der Waals surface area contributed by atoms with E-state index in [9.17, 15) is 4.39 Å². The Kier molecular flexibility index (Phi) is 3.77. The summed E-state index contributed by atoms with van der Waals surface area (Å²) >= 11 is 0. The maximum atomic E-state index is 13.7. The van der Waals surface area contributed by atoms with Gasteiger partial charge in [-0.05, 0) is 19.1 Å². The van der Waals surface area contributed by atoms with E-state index in [0.29, 0.717) is 11.7 Å². The maximum absolute atomic E-state index is 13.7. The van der Waals surface area contributed by atoms with Gasteiger partial charge in [-0.1, -0.05) is 26.0 Å². The molecule has 0 unspecified atom stereocenters. The van der Waals surface area contributed by atoms with Crippen LogP contribution in [0.2, 0.25) is 0 Å². The van der Waals surface area contributed by atoms with Crippen LogP contribution in [-0.4, -0.2) is 15.8 Å². The topological polar surface area (TPSA) is 29.9 Å². The summed E-state index contributed by atoms with van der Waals surface area (Å²) in [6, 6.07) is 7.09. The number of nitrogens with one attached hydrogen (secondary N) is 1. The molecule has 0 spiro atoms. The Labute approximate surface area is 107 Å². The Balaban J connectivity index is 2.28. The molecule has 4 heteroatoms. The van der Waals surface area contributed by atoms with E-state index in [1.54, 1.807) is 23.0 Å². The van der Waals surface area contributed by atoms with E-state index in [1.807, 2.05) is 13.0 Å². The molecule has 0 fully saturated rings. The van der Waals surface area contributed by atoms with E-state index in [2.05, 4.69) is 24.3 Å². The zero-order valence-corrected chi connectivity index (χ0v) is 10.9. The zero-order valence-electron chi connectivity index (χ0n) is 10.9. The summed E-state index contributed by atoms with van der Waals surface area (Å²) in [5.41, 5.74) is 2.55.